The van der Waals surface area contributed by atoms with E-state index in [-0.39, 0.29) is 6.10 Å². The van der Waals surface area contributed by atoms with Crippen LogP contribution in [0.2, 0.25) is 0 Å². The molecule has 1 aliphatic rings. The van der Waals surface area contributed by atoms with Gasteiger partial charge < -0.3 is 9.84 Å². The zero-order valence-electron chi connectivity index (χ0n) is 9.46. The second-order valence-corrected chi connectivity index (χ2v) is 4.02. The van der Waals surface area contributed by atoms with E-state index in [2.05, 4.69) is 14.9 Å². The molecular weight excluding hydrogens is 206 g/mol. The number of aromatic nitrogens is 2. The Labute approximate surface area is 95.1 Å². The van der Waals surface area contributed by atoms with Crippen molar-refractivity contribution in [2.45, 2.75) is 25.5 Å². The van der Waals surface area contributed by atoms with Crippen molar-refractivity contribution in [3.05, 3.63) is 18.1 Å². The summed E-state index contributed by atoms with van der Waals surface area (Å²) >= 11 is 0. The fraction of sp³-hybridized carbons (Fsp3) is 0.636. The smallest absolute Gasteiger partial charge is 0.236 e. The molecule has 2 rings (SSSR count). The first-order valence-electron chi connectivity index (χ1n) is 5.54. The summed E-state index contributed by atoms with van der Waals surface area (Å²) in [5.41, 5.74) is 0.862. The average Bonchev–Trinajstić information content (AvgIpc) is 2.33. The quantitative estimate of drug-likeness (QED) is 0.806. The SMILES string of the molecule is COc1nccnc1CN1CCC(O)CC1. The van der Waals surface area contributed by atoms with Gasteiger partial charge >= 0.3 is 0 Å². The lowest BCUT2D eigenvalue weighted by Gasteiger charge is -2.29. The number of nitrogens with zero attached hydrogens (tertiary/aromatic N) is 3. The first-order valence-corrected chi connectivity index (χ1v) is 5.54. The van der Waals surface area contributed by atoms with Gasteiger partial charge in [0.2, 0.25) is 5.88 Å². The standard InChI is InChI=1S/C11H17N3O2/c1-16-11-10(12-4-5-13-11)8-14-6-2-9(15)3-7-14/h4-5,9,15H,2-3,6-8H2,1H3. The molecule has 16 heavy (non-hydrogen) atoms. The maximum atomic E-state index is 9.41. The number of rotatable bonds is 3. The molecule has 1 aliphatic heterocycles. The van der Waals surface area contributed by atoms with Crippen molar-refractivity contribution in [3.8, 4) is 5.88 Å². The van der Waals surface area contributed by atoms with Crippen LogP contribution in [0, 0.1) is 0 Å². The Hall–Kier alpha value is -1.20. The van der Waals surface area contributed by atoms with Crippen molar-refractivity contribution in [2.24, 2.45) is 0 Å². The molecule has 0 atom stereocenters. The molecule has 0 aromatic carbocycles. The van der Waals surface area contributed by atoms with E-state index in [9.17, 15) is 5.11 Å². The third-order valence-corrected chi connectivity index (χ3v) is 2.86. The topological polar surface area (TPSA) is 58.5 Å². The molecule has 1 aromatic heterocycles. The number of hydrogen-bond donors (Lipinski definition) is 1. The Bertz CT molecular complexity index is 338. The second-order valence-electron chi connectivity index (χ2n) is 4.02. The van der Waals surface area contributed by atoms with Crippen LogP contribution in [-0.2, 0) is 6.54 Å². The number of aliphatic hydroxyl groups excluding tert-OH is 1. The molecule has 0 bridgehead atoms. The van der Waals surface area contributed by atoms with Gasteiger partial charge in [-0.2, -0.15) is 0 Å². The highest BCUT2D eigenvalue weighted by molar-refractivity contribution is 5.16. The summed E-state index contributed by atoms with van der Waals surface area (Å²) in [6.07, 6.45) is 4.84. The van der Waals surface area contributed by atoms with Crippen molar-refractivity contribution in [1.82, 2.24) is 14.9 Å². The largest absolute Gasteiger partial charge is 0.480 e. The monoisotopic (exact) mass is 223 g/mol. The van der Waals surface area contributed by atoms with E-state index in [1.807, 2.05) is 0 Å². The van der Waals surface area contributed by atoms with Crippen LogP contribution in [0.1, 0.15) is 18.5 Å². The summed E-state index contributed by atoms with van der Waals surface area (Å²) in [5, 5.41) is 9.41. The molecule has 0 spiro atoms. The predicted molar refractivity (Wildman–Crippen MR) is 59.1 cm³/mol. The lowest BCUT2D eigenvalue weighted by molar-refractivity contribution is 0.0781. The molecule has 5 nitrogen and oxygen atoms in total. The molecule has 1 aromatic rings. The zero-order valence-corrected chi connectivity index (χ0v) is 9.46. The summed E-state index contributed by atoms with van der Waals surface area (Å²) in [7, 11) is 1.60. The molecule has 0 saturated carbocycles. The molecule has 1 saturated heterocycles. The van der Waals surface area contributed by atoms with Crippen molar-refractivity contribution < 1.29 is 9.84 Å². The van der Waals surface area contributed by atoms with Gasteiger partial charge in [0, 0.05) is 32.0 Å². The van der Waals surface area contributed by atoms with Gasteiger partial charge in [-0.1, -0.05) is 0 Å². The third kappa shape index (κ3) is 2.68. The van der Waals surface area contributed by atoms with E-state index in [0.29, 0.717) is 5.88 Å². The van der Waals surface area contributed by atoms with E-state index in [1.165, 1.54) is 0 Å². The fourth-order valence-corrected chi connectivity index (χ4v) is 1.92. The van der Waals surface area contributed by atoms with Gasteiger partial charge in [0.25, 0.3) is 0 Å². The van der Waals surface area contributed by atoms with Crippen LogP contribution in [0.4, 0.5) is 0 Å². The molecule has 0 unspecified atom stereocenters. The van der Waals surface area contributed by atoms with Crippen LogP contribution >= 0.6 is 0 Å². The van der Waals surface area contributed by atoms with E-state index in [1.54, 1.807) is 19.5 Å². The van der Waals surface area contributed by atoms with Crippen molar-refractivity contribution in [2.75, 3.05) is 20.2 Å². The van der Waals surface area contributed by atoms with Gasteiger partial charge in [0.05, 0.1) is 13.2 Å². The van der Waals surface area contributed by atoms with Crippen LogP contribution in [0.5, 0.6) is 5.88 Å². The fourth-order valence-electron chi connectivity index (χ4n) is 1.92. The maximum Gasteiger partial charge on any atom is 0.236 e. The number of ether oxygens (including phenoxy) is 1. The highest BCUT2D eigenvalue weighted by Gasteiger charge is 2.18. The third-order valence-electron chi connectivity index (χ3n) is 2.86. The summed E-state index contributed by atoms with van der Waals surface area (Å²) in [4.78, 5) is 10.7. The normalized spacial score (nSPS) is 18.6. The lowest BCUT2D eigenvalue weighted by atomic mass is 10.1. The highest BCUT2D eigenvalue weighted by Crippen LogP contribution is 2.17. The molecule has 0 amide bonds. The Morgan fingerprint density at radius 2 is 2.06 bits per heavy atom. The van der Waals surface area contributed by atoms with Crippen LogP contribution in [0.25, 0.3) is 0 Å². The minimum atomic E-state index is -0.139. The second kappa shape index (κ2) is 5.23. The van der Waals surface area contributed by atoms with E-state index in [4.69, 9.17) is 4.74 Å². The number of piperidine rings is 1. The van der Waals surface area contributed by atoms with E-state index in [0.717, 1.165) is 38.2 Å². The van der Waals surface area contributed by atoms with Crippen LogP contribution in [0.3, 0.4) is 0 Å². The van der Waals surface area contributed by atoms with Gasteiger partial charge in [0.1, 0.15) is 5.69 Å². The highest BCUT2D eigenvalue weighted by atomic mass is 16.5. The summed E-state index contributed by atoms with van der Waals surface area (Å²) < 4.78 is 5.16. The van der Waals surface area contributed by atoms with Gasteiger partial charge in [-0.3, -0.25) is 9.88 Å². The predicted octanol–water partition coefficient (Wildman–Crippen LogP) is 0.442. The molecule has 1 N–H and O–H groups in total. The molecule has 88 valence electrons. The Morgan fingerprint density at radius 3 is 2.75 bits per heavy atom. The van der Waals surface area contributed by atoms with Gasteiger partial charge in [-0.05, 0) is 12.8 Å². The number of likely N-dealkylation sites (tertiary alicyclic amines) is 1. The number of aliphatic hydroxyl groups is 1. The molecule has 0 radical (unpaired) electrons. The molecular formula is C11H17N3O2. The minimum Gasteiger partial charge on any atom is -0.480 e. The minimum absolute atomic E-state index is 0.139. The van der Waals surface area contributed by atoms with Gasteiger partial charge in [0.15, 0.2) is 0 Å². The van der Waals surface area contributed by atoms with E-state index >= 15 is 0 Å². The summed E-state index contributed by atoms with van der Waals surface area (Å²) in [5.74, 6) is 0.591. The molecule has 2 heterocycles. The van der Waals surface area contributed by atoms with Gasteiger partial charge in [-0.15, -0.1) is 0 Å². The van der Waals surface area contributed by atoms with Crippen LogP contribution in [-0.4, -0.2) is 46.3 Å². The average molecular weight is 223 g/mol. The molecule has 5 heteroatoms. The number of hydrogen-bond acceptors (Lipinski definition) is 5. The maximum absolute atomic E-state index is 9.41. The van der Waals surface area contributed by atoms with Crippen molar-refractivity contribution in [3.63, 3.8) is 0 Å². The van der Waals surface area contributed by atoms with Gasteiger partial charge in [-0.25, -0.2) is 4.98 Å². The first-order chi connectivity index (χ1) is 7.79. The van der Waals surface area contributed by atoms with Crippen LogP contribution in [0.15, 0.2) is 12.4 Å². The van der Waals surface area contributed by atoms with Crippen LogP contribution < -0.4 is 4.74 Å². The zero-order chi connectivity index (χ0) is 11.4. The Morgan fingerprint density at radius 1 is 1.38 bits per heavy atom. The first kappa shape index (κ1) is 11.3. The summed E-state index contributed by atoms with van der Waals surface area (Å²) in [6, 6.07) is 0. The van der Waals surface area contributed by atoms with Crippen molar-refractivity contribution >= 4 is 0 Å². The summed E-state index contributed by atoms with van der Waals surface area (Å²) in [6.45, 7) is 2.55. The Kier molecular flexibility index (Phi) is 3.69. The lowest BCUT2D eigenvalue weighted by Crippen LogP contribution is -2.35. The Balaban J connectivity index is 1.98. The van der Waals surface area contributed by atoms with Crippen molar-refractivity contribution in [1.29, 1.82) is 0 Å². The molecule has 0 aliphatic carbocycles. The molecule has 1 fully saturated rings. The number of methoxy groups -OCH3 is 1. The van der Waals surface area contributed by atoms with E-state index < -0.39 is 0 Å².